The van der Waals surface area contributed by atoms with Gasteiger partial charge < -0.3 is 5.32 Å². The zero-order chi connectivity index (χ0) is 13.6. The van der Waals surface area contributed by atoms with Gasteiger partial charge in [-0.3, -0.25) is 0 Å². The first-order valence-electron chi connectivity index (χ1n) is 7.05. The number of piperidine rings is 1. The molecule has 1 aromatic carbocycles. The first-order chi connectivity index (χ1) is 8.19. The molecule has 0 aliphatic carbocycles. The maximum atomic E-state index is 3.77. The molecule has 0 aromatic heterocycles. The van der Waals surface area contributed by atoms with Gasteiger partial charge in [0, 0.05) is 11.1 Å². The first-order valence-corrected chi connectivity index (χ1v) is 7.05. The summed E-state index contributed by atoms with van der Waals surface area (Å²) in [5.41, 5.74) is 4.83. The quantitative estimate of drug-likeness (QED) is 0.776. The van der Waals surface area contributed by atoms with E-state index in [1.807, 2.05) is 0 Å². The van der Waals surface area contributed by atoms with Crippen LogP contribution in [-0.2, 0) is 0 Å². The molecule has 1 fully saturated rings. The Labute approximate surface area is 112 Å². The molecule has 1 nitrogen and oxygen atoms in total. The summed E-state index contributed by atoms with van der Waals surface area (Å²) in [5, 5.41) is 3.77. The number of hydrogen-bond donors (Lipinski definition) is 1. The summed E-state index contributed by atoms with van der Waals surface area (Å²) in [7, 11) is 0. The zero-order valence-corrected chi connectivity index (χ0v) is 12.7. The predicted molar refractivity (Wildman–Crippen MR) is 79.2 cm³/mol. The highest BCUT2D eigenvalue weighted by Crippen LogP contribution is 2.40. The molecule has 1 heterocycles. The van der Waals surface area contributed by atoms with Crippen LogP contribution in [0, 0.1) is 13.8 Å². The van der Waals surface area contributed by atoms with E-state index in [1.165, 1.54) is 24.0 Å². The Balaban J connectivity index is 2.35. The van der Waals surface area contributed by atoms with Crippen LogP contribution in [0.2, 0.25) is 0 Å². The minimum Gasteiger partial charge on any atom is -0.307 e. The molecule has 0 bridgehead atoms. The third-order valence-corrected chi connectivity index (χ3v) is 4.06. The lowest BCUT2D eigenvalue weighted by atomic mass is 9.72. The molecular weight excluding hydrogens is 218 g/mol. The van der Waals surface area contributed by atoms with Crippen LogP contribution < -0.4 is 5.32 Å². The fraction of sp³-hybridized carbons (Fsp3) is 0.647. The van der Waals surface area contributed by atoms with Crippen molar-refractivity contribution in [1.82, 2.24) is 5.32 Å². The van der Waals surface area contributed by atoms with Crippen LogP contribution in [0.5, 0.6) is 0 Å². The number of hydrogen-bond acceptors (Lipinski definition) is 1. The molecule has 1 aliphatic rings. The van der Waals surface area contributed by atoms with Crippen molar-refractivity contribution in [2.45, 2.75) is 71.4 Å². The van der Waals surface area contributed by atoms with Crippen molar-refractivity contribution in [3.8, 4) is 0 Å². The average molecular weight is 245 g/mol. The van der Waals surface area contributed by atoms with Gasteiger partial charge in [-0.15, -0.1) is 0 Å². The van der Waals surface area contributed by atoms with Crippen molar-refractivity contribution >= 4 is 0 Å². The molecular formula is C17H27N. The van der Waals surface area contributed by atoms with Gasteiger partial charge in [0.05, 0.1) is 0 Å². The van der Waals surface area contributed by atoms with E-state index in [0.717, 1.165) is 0 Å². The Morgan fingerprint density at radius 2 is 1.56 bits per heavy atom. The van der Waals surface area contributed by atoms with Crippen molar-refractivity contribution < 1.29 is 0 Å². The molecule has 1 aromatic rings. The summed E-state index contributed by atoms with van der Waals surface area (Å²) in [4.78, 5) is 0. The molecule has 1 heteroatoms. The van der Waals surface area contributed by atoms with E-state index in [2.05, 4.69) is 65.1 Å². The highest BCUT2D eigenvalue weighted by atomic mass is 15.0. The second kappa shape index (κ2) is 4.38. The van der Waals surface area contributed by atoms with E-state index in [1.54, 1.807) is 5.56 Å². The Morgan fingerprint density at radius 1 is 1.00 bits per heavy atom. The topological polar surface area (TPSA) is 12.0 Å². The SMILES string of the molecule is Cc1ccc(C)c(C2CC(C)(C)NC(C)(C)C2)c1. The number of rotatable bonds is 1. The van der Waals surface area contributed by atoms with Crippen LogP contribution >= 0.6 is 0 Å². The molecule has 0 atom stereocenters. The fourth-order valence-corrected chi connectivity index (χ4v) is 3.74. The third kappa shape index (κ3) is 2.95. The van der Waals surface area contributed by atoms with E-state index < -0.39 is 0 Å². The molecule has 1 N–H and O–H groups in total. The van der Waals surface area contributed by atoms with Crippen LogP contribution in [0.25, 0.3) is 0 Å². The van der Waals surface area contributed by atoms with Crippen LogP contribution in [0.15, 0.2) is 18.2 Å². The van der Waals surface area contributed by atoms with Crippen molar-refractivity contribution in [3.63, 3.8) is 0 Å². The second-order valence-electron chi connectivity index (χ2n) is 7.36. The van der Waals surface area contributed by atoms with Gasteiger partial charge in [-0.1, -0.05) is 23.8 Å². The zero-order valence-electron chi connectivity index (χ0n) is 12.7. The molecule has 2 rings (SSSR count). The number of aryl methyl sites for hydroxylation is 2. The molecule has 0 saturated carbocycles. The van der Waals surface area contributed by atoms with Gasteiger partial charge in [0.1, 0.15) is 0 Å². The maximum Gasteiger partial charge on any atom is 0.0135 e. The Morgan fingerprint density at radius 3 is 2.11 bits per heavy atom. The van der Waals surface area contributed by atoms with Crippen LogP contribution in [0.1, 0.15) is 63.1 Å². The number of nitrogens with one attached hydrogen (secondary N) is 1. The van der Waals surface area contributed by atoms with E-state index >= 15 is 0 Å². The van der Waals surface area contributed by atoms with E-state index in [-0.39, 0.29) is 11.1 Å². The van der Waals surface area contributed by atoms with Gasteiger partial charge in [-0.2, -0.15) is 0 Å². The summed E-state index contributed by atoms with van der Waals surface area (Å²) >= 11 is 0. The fourth-order valence-electron chi connectivity index (χ4n) is 3.74. The molecule has 0 radical (unpaired) electrons. The molecule has 100 valence electrons. The van der Waals surface area contributed by atoms with Gasteiger partial charge in [0.25, 0.3) is 0 Å². The third-order valence-electron chi connectivity index (χ3n) is 4.06. The van der Waals surface area contributed by atoms with Crippen LogP contribution in [0.4, 0.5) is 0 Å². The summed E-state index contributed by atoms with van der Waals surface area (Å²) in [6.45, 7) is 13.7. The standard InChI is InChI=1S/C17H27N/c1-12-7-8-13(2)15(9-12)14-10-16(3,4)18-17(5,6)11-14/h7-9,14,18H,10-11H2,1-6H3. The minimum absolute atomic E-state index is 0.225. The molecule has 0 unspecified atom stereocenters. The molecule has 1 aliphatic heterocycles. The predicted octanol–water partition coefficient (Wildman–Crippen LogP) is 4.33. The summed E-state index contributed by atoms with van der Waals surface area (Å²) < 4.78 is 0. The van der Waals surface area contributed by atoms with Crippen LogP contribution in [0.3, 0.4) is 0 Å². The van der Waals surface area contributed by atoms with Crippen molar-refractivity contribution in [2.24, 2.45) is 0 Å². The highest BCUT2D eigenvalue weighted by Gasteiger charge is 2.38. The smallest absolute Gasteiger partial charge is 0.0135 e. The van der Waals surface area contributed by atoms with Crippen molar-refractivity contribution in [2.75, 3.05) is 0 Å². The van der Waals surface area contributed by atoms with Crippen molar-refractivity contribution in [3.05, 3.63) is 34.9 Å². The summed E-state index contributed by atoms with van der Waals surface area (Å²) in [6, 6.07) is 6.88. The average Bonchev–Trinajstić information content (AvgIpc) is 2.17. The largest absolute Gasteiger partial charge is 0.307 e. The van der Waals surface area contributed by atoms with Crippen molar-refractivity contribution in [1.29, 1.82) is 0 Å². The second-order valence-corrected chi connectivity index (χ2v) is 7.36. The molecule has 18 heavy (non-hydrogen) atoms. The van der Waals surface area contributed by atoms with Crippen LogP contribution in [-0.4, -0.2) is 11.1 Å². The normalized spacial score (nSPS) is 23.0. The van der Waals surface area contributed by atoms with E-state index in [4.69, 9.17) is 0 Å². The monoisotopic (exact) mass is 245 g/mol. The Bertz CT molecular complexity index is 427. The minimum atomic E-state index is 0.225. The Hall–Kier alpha value is -0.820. The number of benzene rings is 1. The Kier molecular flexibility index (Phi) is 3.31. The summed E-state index contributed by atoms with van der Waals surface area (Å²) in [5.74, 6) is 0.677. The molecule has 0 amide bonds. The highest BCUT2D eigenvalue weighted by molar-refractivity contribution is 5.34. The lowest BCUT2D eigenvalue weighted by molar-refractivity contribution is 0.161. The van der Waals surface area contributed by atoms with Gasteiger partial charge in [-0.25, -0.2) is 0 Å². The lowest BCUT2D eigenvalue weighted by Crippen LogP contribution is -2.57. The van der Waals surface area contributed by atoms with Gasteiger partial charge in [-0.05, 0) is 71.4 Å². The lowest BCUT2D eigenvalue weighted by Gasteiger charge is -2.47. The van der Waals surface area contributed by atoms with Gasteiger partial charge in [0.15, 0.2) is 0 Å². The van der Waals surface area contributed by atoms with E-state index in [9.17, 15) is 0 Å². The molecule has 0 spiro atoms. The van der Waals surface area contributed by atoms with E-state index in [0.29, 0.717) is 5.92 Å². The molecule has 1 saturated heterocycles. The summed E-state index contributed by atoms with van der Waals surface area (Å²) in [6.07, 6.45) is 2.45. The van der Waals surface area contributed by atoms with Gasteiger partial charge >= 0.3 is 0 Å². The first kappa shape index (κ1) is 13.6. The maximum absolute atomic E-state index is 3.77. The van der Waals surface area contributed by atoms with Gasteiger partial charge in [0.2, 0.25) is 0 Å².